The molecule has 0 bridgehead atoms. The predicted octanol–water partition coefficient (Wildman–Crippen LogP) is 3.31. The zero-order chi connectivity index (χ0) is 20.4. The van der Waals surface area contributed by atoms with Crippen LogP contribution in [0.4, 0.5) is 11.6 Å². The van der Waals surface area contributed by atoms with E-state index in [1.54, 1.807) is 18.9 Å². The summed E-state index contributed by atoms with van der Waals surface area (Å²) in [6.07, 6.45) is 3.56. The van der Waals surface area contributed by atoms with Gasteiger partial charge in [-0.15, -0.1) is 0 Å². The van der Waals surface area contributed by atoms with Crippen molar-refractivity contribution in [3.05, 3.63) is 66.0 Å². The molecule has 0 aliphatic carbocycles. The number of rotatable bonds is 5. The van der Waals surface area contributed by atoms with Crippen LogP contribution in [0.1, 0.15) is 24.1 Å². The molecule has 8 nitrogen and oxygen atoms in total. The Hall–Kier alpha value is -3.81. The third-order valence-corrected chi connectivity index (χ3v) is 4.66. The molecule has 8 heteroatoms. The van der Waals surface area contributed by atoms with Gasteiger partial charge in [0, 0.05) is 29.9 Å². The molecule has 0 radical (unpaired) electrons. The maximum absolute atomic E-state index is 11.4. The number of amides is 1. The van der Waals surface area contributed by atoms with Crippen molar-refractivity contribution in [2.45, 2.75) is 13.0 Å². The van der Waals surface area contributed by atoms with Crippen LogP contribution in [-0.2, 0) is 4.79 Å². The highest BCUT2D eigenvalue weighted by Gasteiger charge is 2.26. The molecule has 2 N–H and O–H groups in total. The fourth-order valence-electron chi connectivity index (χ4n) is 3.35. The van der Waals surface area contributed by atoms with Crippen LogP contribution < -0.4 is 20.1 Å². The van der Waals surface area contributed by atoms with Crippen molar-refractivity contribution < 1.29 is 14.3 Å². The van der Waals surface area contributed by atoms with Crippen LogP contribution in [-0.4, -0.2) is 34.9 Å². The zero-order valence-electron chi connectivity index (χ0n) is 16.3. The number of nitrogens with one attached hydrogen (secondary N) is 2. The van der Waals surface area contributed by atoms with Crippen molar-refractivity contribution >= 4 is 23.2 Å². The lowest BCUT2D eigenvalue weighted by Crippen LogP contribution is -2.20. The zero-order valence-corrected chi connectivity index (χ0v) is 16.3. The van der Waals surface area contributed by atoms with Crippen molar-refractivity contribution in [2.75, 3.05) is 24.9 Å². The standard InChI is InChI=1S/C21H21N5O3/c1-13(27)24-15-6-4-5-14(9-15)18-11-19(26-21(25-18)22-12-23-26)17-8-7-16(28-2)10-20(17)29-3/h4-12,19H,1-3H3,(H,24,27)(H,22,23,25)/t19-/m0/s1. The van der Waals surface area contributed by atoms with Gasteiger partial charge in [-0.3, -0.25) is 4.79 Å². The Morgan fingerprint density at radius 2 is 2.03 bits per heavy atom. The van der Waals surface area contributed by atoms with Gasteiger partial charge in [0.15, 0.2) is 0 Å². The molecule has 1 aliphatic heterocycles. The van der Waals surface area contributed by atoms with E-state index >= 15 is 0 Å². The monoisotopic (exact) mass is 391 g/mol. The Morgan fingerprint density at radius 3 is 2.79 bits per heavy atom. The first-order valence-corrected chi connectivity index (χ1v) is 9.07. The molecule has 1 amide bonds. The van der Waals surface area contributed by atoms with Crippen molar-refractivity contribution in [3.8, 4) is 11.5 Å². The third kappa shape index (κ3) is 3.64. The number of methoxy groups -OCH3 is 2. The normalized spacial score (nSPS) is 15.0. The molecule has 0 fully saturated rings. The van der Waals surface area contributed by atoms with Crippen LogP contribution in [0.15, 0.2) is 54.9 Å². The Balaban J connectivity index is 1.79. The maximum atomic E-state index is 11.4. The van der Waals surface area contributed by atoms with Gasteiger partial charge in [-0.2, -0.15) is 10.1 Å². The summed E-state index contributed by atoms with van der Waals surface area (Å²) in [5.74, 6) is 1.91. The number of carbonyl (C=O) groups excluding carboxylic acids is 1. The number of nitrogens with zero attached hydrogens (tertiary/aromatic N) is 3. The van der Waals surface area contributed by atoms with Crippen LogP contribution in [0.3, 0.4) is 0 Å². The van der Waals surface area contributed by atoms with E-state index in [1.807, 2.05) is 42.5 Å². The number of hydrogen-bond donors (Lipinski definition) is 2. The topological polar surface area (TPSA) is 90.3 Å². The fraction of sp³-hybridized carbons (Fsp3) is 0.190. The van der Waals surface area contributed by atoms with Crippen molar-refractivity contribution in [1.29, 1.82) is 0 Å². The van der Waals surface area contributed by atoms with Crippen LogP contribution in [0, 0.1) is 0 Å². The number of hydrogen-bond acceptors (Lipinski definition) is 6. The smallest absolute Gasteiger partial charge is 0.226 e. The van der Waals surface area contributed by atoms with E-state index < -0.39 is 0 Å². The SMILES string of the molecule is COc1ccc([C@@H]2C=C(c3cccc(NC(C)=O)c3)Nc3ncnn32)c(OC)c1. The van der Waals surface area contributed by atoms with Crippen molar-refractivity contribution in [2.24, 2.45) is 0 Å². The van der Waals surface area contributed by atoms with Gasteiger partial charge >= 0.3 is 0 Å². The first-order valence-electron chi connectivity index (χ1n) is 9.07. The van der Waals surface area contributed by atoms with Gasteiger partial charge in [0.1, 0.15) is 23.9 Å². The minimum atomic E-state index is -0.228. The molecule has 4 rings (SSSR count). The lowest BCUT2D eigenvalue weighted by atomic mass is 10.0. The van der Waals surface area contributed by atoms with Crippen LogP contribution in [0.2, 0.25) is 0 Å². The molecule has 29 heavy (non-hydrogen) atoms. The molecule has 2 heterocycles. The summed E-state index contributed by atoms with van der Waals surface area (Å²) in [7, 11) is 3.25. The van der Waals surface area contributed by atoms with E-state index in [-0.39, 0.29) is 11.9 Å². The Morgan fingerprint density at radius 1 is 1.17 bits per heavy atom. The quantitative estimate of drug-likeness (QED) is 0.694. The third-order valence-electron chi connectivity index (χ3n) is 4.66. The van der Waals surface area contributed by atoms with E-state index in [2.05, 4.69) is 26.8 Å². The summed E-state index contributed by atoms with van der Waals surface area (Å²) in [6, 6.07) is 13.1. The van der Waals surface area contributed by atoms with Gasteiger partial charge in [-0.1, -0.05) is 12.1 Å². The van der Waals surface area contributed by atoms with E-state index in [1.165, 1.54) is 13.3 Å². The van der Waals surface area contributed by atoms with Crippen LogP contribution in [0.25, 0.3) is 5.70 Å². The average molecular weight is 391 g/mol. The highest BCUT2D eigenvalue weighted by atomic mass is 16.5. The van der Waals surface area contributed by atoms with Gasteiger partial charge in [0.2, 0.25) is 11.9 Å². The highest BCUT2D eigenvalue weighted by Crippen LogP contribution is 2.37. The molecule has 0 saturated heterocycles. The number of fused-ring (bicyclic) bond motifs is 1. The second kappa shape index (κ2) is 7.67. The fourth-order valence-corrected chi connectivity index (χ4v) is 3.35. The number of aromatic nitrogens is 3. The first kappa shape index (κ1) is 18.5. The van der Waals surface area contributed by atoms with E-state index in [4.69, 9.17) is 9.47 Å². The maximum Gasteiger partial charge on any atom is 0.226 e. The molecule has 3 aromatic rings. The molecular formula is C21H21N5O3. The van der Waals surface area contributed by atoms with Crippen molar-refractivity contribution in [1.82, 2.24) is 14.8 Å². The van der Waals surface area contributed by atoms with Gasteiger partial charge in [-0.05, 0) is 35.9 Å². The number of benzene rings is 2. The molecular weight excluding hydrogens is 370 g/mol. The first-order chi connectivity index (χ1) is 14.1. The summed E-state index contributed by atoms with van der Waals surface area (Å²) in [5, 5.41) is 10.5. The minimum Gasteiger partial charge on any atom is -0.497 e. The van der Waals surface area contributed by atoms with Crippen molar-refractivity contribution in [3.63, 3.8) is 0 Å². The molecule has 1 atom stereocenters. The molecule has 2 aromatic carbocycles. The van der Waals surface area contributed by atoms with Gasteiger partial charge in [0.05, 0.1) is 14.2 Å². The lowest BCUT2D eigenvalue weighted by Gasteiger charge is -2.26. The molecule has 148 valence electrons. The van der Waals surface area contributed by atoms with Gasteiger partial charge in [-0.25, -0.2) is 4.68 Å². The number of anilines is 2. The van der Waals surface area contributed by atoms with Gasteiger partial charge < -0.3 is 20.1 Å². The molecule has 1 aliphatic rings. The Bertz CT molecular complexity index is 1090. The second-order valence-corrected chi connectivity index (χ2v) is 6.55. The average Bonchev–Trinajstić information content (AvgIpc) is 3.21. The molecule has 0 unspecified atom stereocenters. The van der Waals surface area contributed by atoms with E-state index in [9.17, 15) is 4.79 Å². The lowest BCUT2D eigenvalue weighted by molar-refractivity contribution is -0.114. The summed E-state index contributed by atoms with van der Waals surface area (Å²) in [5.41, 5.74) is 3.43. The van der Waals surface area contributed by atoms with E-state index in [0.717, 1.165) is 22.5 Å². The van der Waals surface area contributed by atoms with Crippen LogP contribution in [0.5, 0.6) is 11.5 Å². The molecule has 0 saturated carbocycles. The van der Waals surface area contributed by atoms with E-state index in [0.29, 0.717) is 17.4 Å². The molecule has 1 aromatic heterocycles. The largest absolute Gasteiger partial charge is 0.497 e. The Labute approximate surface area is 168 Å². The van der Waals surface area contributed by atoms with Crippen LogP contribution >= 0.6 is 0 Å². The minimum absolute atomic E-state index is 0.117. The molecule has 0 spiro atoms. The number of ether oxygens (including phenoxy) is 2. The number of carbonyl (C=O) groups is 1. The predicted molar refractivity (Wildman–Crippen MR) is 110 cm³/mol. The number of allylic oxidation sites excluding steroid dienone is 1. The Kier molecular flexibility index (Phi) is 4.90. The summed E-state index contributed by atoms with van der Waals surface area (Å²) in [4.78, 5) is 15.7. The summed E-state index contributed by atoms with van der Waals surface area (Å²) >= 11 is 0. The van der Waals surface area contributed by atoms with Gasteiger partial charge in [0.25, 0.3) is 0 Å². The summed E-state index contributed by atoms with van der Waals surface area (Å²) < 4.78 is 12.7. The highest BCUT2D eigenvalue weighted by molar-refractivity contribution is 5.89. The summed E-state index contributed by atoms with van der Waals surface area (Å²) in [6.45, 7) is 1.49. The second-order valence-electron chi connectivity index (χ2n) is 6.55.